The van der Waals surface area contributed by atoms with Crippen LogP contribution in [0.3, 0.4) is 0 Å². The Kier molecular flexibility index (Phi) is 4.47. The lowest BCUT2D eigenvalue weighted by molar-refractivity contribution is 0.856. The number of hydrogen-bond donors (Lipinski definition) is 2. The molecule has 0 aliphatic carbocycles. The van der Waals surface area contributed by atoms with Crippen LogP contribution in [0.5, 0.6) is 0 Å². The van der Waals surface area contributed by atoms with E-state index in [1.807, 2.05) is 7.05 Å². The number of nitrogen functional groups attached to an aromatic ring is 1. The van der Waals surface area contributed by atoms with Crippen molar-refractivity contribution in [1.29, 1.82) is 0 Å². The van der Waals surface area contributed by atoms with Crippen LogP contribution in [0.2, 0.25) is 0 Å². The quantitative estimate of drug-likeness (QED) is 0.751. The third-order valence-electron chi connectivity index (χ3n) is 3.01. The van der Waals surface area contributed by atoms with Crippen LogP contribution in [-0.4, -0.2) is 20.1 Å². The first-order valence-corrected chi connectivity index (χ1v) is 6.02. The standard InChI is InChI=1S/C13H23N3/c1-5-10-8-11(14)12(15-4)9-13(10)16(6-2)7-3/h8-9,15H,5-7,14H2,1-4H3. The molecule has 1 rings (SSSR count). The van der Waals surface area contributed by atoms with Gasteiger partial charge in [0.1, 0.15) is 0 Å². The van der Waals surface area contributed by atoms with Crippen molar-refractivity contribution >= 4 is 17.1 Å². The maximum absolute atomic E-state index is 5.98. The maximum atomic E-state index is 5.98. The van der Waals surface area contributed by atoms with Gasteiger partial charge in [0.05, 0.1) is 11.4 Å². The zero-order valence-corrected chi connectivity index (χ0v) is 10.8. The van der Waals surface area contributed by atoms with Crippen molar-refractivity contribution in [3.8, 4) is 0 Å². The van der Waals surface area contributed by atoms with Gasteiger partial charge in [-0.1, -0.05) is 6.92 Å². The molecule has 0 fully saturated rings. The van der Waals surface area contributed by atoms with Crippen LogP contribution >= 0.6 is 0 Å². The molecule has 0 atom stereocenters. The highest BCUT2D eigenvalue weighted by molar-refractivity contribution is 5.75. The second kappa shape index (κ2) is 5.64. The number of benzene rings is 1. The summed E-state index contributed by atoms with van der Waals surface area (Å²) in [6, 6.07) is 4.24. The van der Waals surface area contributed by atoms with Crippen LogP contribution in [0.1, 0.15) is 26.3 Å². The minimum Gasteiger partial charge on any atom is -0.397 e. The molecule has 0 radical (unpaired) electrons. The largest absolute Gasteiger partial charge is 0.397 e. The Morgan fingerprint density at radius 3 is 2.25 bits per heavy atom. The number of nitrogens with zero attached hydrogens (tertiary/aromatic N) is 1. The van der Waals surface area contributed by atoms with Crippen molar-refractivity contribution in [3.63, 3.8) is 0 Å². The van der Waals surface area contributed by atoms with E-state index in [0.717, 1.165) is 30.9 Å². The molecule has 16 heavy (non-hydrogen) atoms. The van der Waals surface area contributed by atoms with E-state index < -0.39 is 0 Å². The van der Waals surface area contributed by atoms with Gasteiger partial charge in [0.2, 0.25) is 0 Å². The lowest BCUT2D eigenvalue weighted by Gasteiger charge is -2.25. The monoisotopic (exact) mass is 221 g/mol. The molecule has 0 heterocycles. The van der Waals surface area contributed by atoms with Crippen LogP contribution < -0.4 is 16.0 Å². The molecule has 0 aromatic heterocycles. The van der Waals surface area contributed by atoms with E-state index in [0.29, 0.717) is 0 Å². The number of aryl methyl sites for hydroxylation is 1. The fraction of sp³-hybridized carbons (Fsp3) is 0.538. The van der Waals surface area contributed by atoms with Crippen molar-refractivity contribution in [1.82, 2.24) is 0 Å². The molecular formula is C13H23N3. The Labute approximate surface area is 98.6 Å². The predicted octanol–water partition coefficient (Wildman–Crippen LogP) is 2.72. The van der Waals surface area contributed by atoms with Crippen molar-refractivity contribution < 1.29 is 0 Å². The van der Waals surface area contributed by atoms with Crippen LogP contribution in [-0.2, 0) is 6.42 Å². The van der Waals surface area contributed by atoms with Gasteiger partial charge < -0.3 is 16.0 Å². The lowest BCUT2D eigenvalue weighted by Crippen LogP contribution is -2.23. The summed E-state index contributed by atoms with van der Waals surface area (Å²) >= 11 is 0. The van der Waals surface area contributed by atoms with Gasteiger partial charge in [-0.3, -0.25) is 0 Å². The van der Waals surface area contributed by atoms with Gasteiger partial charge in [-0.15, -0.1) is 0 Å². The Bertz CT molecular complexity index is 343. The van der Waals surface area contributed by atoms with Gasteiger partial charge >= 0.3 is 0 Å². The van der Waals surface area contributed by atoms with E-state index >= 15 is 0 Å². The molecule has 0 spiro atoms. The first kappa shape index (κ1) is 12.7. The molecule has 90 valence electrons. The van der Waals surface area contributed by atoms with Gasteiger partial charge in [0.15, 0.2) is 0 Å². The molecule has 0 aliphatic heterocycles. The van der Waals surface area contributed by atoms with E-state index in [-0.39, 0.29) is 0 Å². The summed E-state index contributed by atoms with van der Waals surface area (Å²) in [6.45, 7) is 8.57. The van der Waals surface area contributed by atoms with E-state index in [2.05, 4.69) is 43.1 Å². The van der Waals surface area contributed by atoms with E-state index in [1.165, 1.54) is 11.3 Å². The Balaban J connectivity index is 3.23. The number of nitrogens with two attached hydrogens (primary N) is 1. The topological polar surface area (TPSA) is 41.3 Å². The van der Waals surface area contributed by atoms with Crippen LogP contribution in [0.25, 0.3) is 0 Å². The Morgan fingerprint density at radius 2 is 1.81 bits per heavy atom. The molecule has 3 N–H and O–H groups in total. The summed E-state index contributed by atoms with van der Waals surface area (Å²) in [4.78, 5) is 2.36. The summed E-state index contributed by atoms with van der Waals surface area (Å²) in [5, 5.41) is 3.14. The maximum Gasteiger partial charge on any atom is 0.0592 e. The third-order valence-corrected chi connectivity index (χ3v) is 3.01. The molecule has 1 aromatic carbocycles. The number of nitrogens with one attached hydrogen (secondary N) is 1. The van der Waals surface area contributed by atoms with Gasteiger partial charge in [-0.05, 0) is 38.0 Å². The molecule has 0 saturated carbocycles. The van der Waals surface area contributed by atoms with Gasteiger partial charge in [-0.25, -0.2) is 0 Å². The molecule has 1 aromatic rings. The highest BCUT2D eigenvalue weighted by Crippen LogP contribution is 2.30. The summed E-state index contributed by atoms with van der Waals surface area (Å²) in [5.74, 6) is 0. The molecular weight excluding hydrogens is 198 g/mol. The predicted molar refractivity (Wildman–Crippen MR) is 73.3 cm³/mol. The summed E-state index contributed by atoms with van der Waals surface area (Å²) in [5.41, 5.74) is 10.4. The van der Waals surface area contributed by atoms with Crippen molar-refractivity contribution in [2.45, 2.75) is 27.2 Å². The number of hydrogen-bond acceptors (Lipinski definition) is 3. The van der Waals surface area contributed by atoms with E-state index in [9.17, 15) is 0 Å². The zero-order valence-electron chi connectivity index (χ0n) is 10.8. The molecule has 0 aliphatic rings. The minimum atomic E-state index is 0.829. The summed E-state index contributed by atoms with van der Waals surface area (Å²) in [6.07, 6.45) is 1.01. The highest BCUT2D eigenvalue weighted by Gasteiger charge is 2.10. The molecule has 3 heteroatoms. The normalized spacial score (nSPS) is 10.2. The average Bonchev–Trinajstić information content (AvgIpc) is 2.31. The van der Waals surface area contributed by atoms with E-state index in [4.69, 9.17) is 5.73 Å². The Hall–Kier alpha value is -1.38. The average molecular weight is 221 g/mol. The second-order valence-corrected chi connectivity index (χ2v) is 3.84. The molecule has 0 amide bonds. The zero-order chi connectivity index (χ0) is 12.1. The highest BCUT2D eigenvalue weighted by atomic mass is 15.1. The Morgan fingerprint density at radius 1 is 1.19 bits per heavy atom. The first-order valence-electron chi connectivity index (χ1n) is 6.02. The van der Waals surface area contributed by atoms with Crippen LogP contribution in [0, 0.1) is 0 Å². The summed E-state index contributed by atoms with van der Waals surface area (Å²) < 4.78 is 0. The van der Waals surface area contributed by atoms with Gasteiger partial charge in [0.25, 0.3) is 0 Å². The number of anilines is 3. The number of rotatable bonds is 5. The fourth-order valence-corrected chi connectivity index (χ4v) is 2.01. The second-order valence-electron chi connectivity index (χ2n) is 3.84. The van der Waals surface area contributed by atoms with Crippen molar-refractivity contribution in [2.75, 3.05) is 36.1 Å². The van der Waals surface area contributed by atoms with Gasteiger partial charge in [0, 0.05) is 25.8 Å². The van der Waals surface area contributed by atoms with Crippen LogP contribution in [0.15, 0.2) is 12.1 Å². The third kappa shape index (κ3) is 2.40. The molecule has 0 bridgehead atoms. The lowest BCUT2D eigenvalue weighted by atomic mass is 10.1. The van der Waals surface area contributed by atoms with E-state index in [1.54, 1.807) is 0 Å². The van der Waals surface area contributed by atoms with Crippen molar-refractivity contribution in [2.24, 2.45) is 0 Å². The molecule has 0 saturated heterocycles. The fourth-order valence-electron chi connectivity index (χ4n) is 2.01. The molecule has 0 unspecified atom stereocenters. The molecule has 3 nitrogen and oxygen atoms in total. The SMILES string of the molecule is CCc1cc(N)c(NC)cc1N(CC)CC. The van der Waals surface area contributed by atoms with Crippen LogP contribution in [0.4, 0.5) is 17.1 Å². The first-order chi connectivity index (χ1) is 7.67. The van der Waals surface area contributed by atoms with Gasteiger partial charge in [-0.2, -0.15) is 0 Å². The smallest absolute Gasteiger partial charge is 0.0592 e. The minimum absolute atomic E-state index is 0.829. The summed E-state index contributed by atoms with van der Waals surface area (Å²) in [7, 11) is 1.91. The van der Waals surface area contributed by atoms with Crippen molar-refractivity contribution in [3.05, 3.63) is 17.7 Å².